The second kappa shape index (κ2) is 4.78. The minimum absolute atomic E-state index is 0.235. The minimum atomic E-state index is 0.235. The van der Waals surface area contributed by atoms with Crippen LogP contribution < -0.4 is 4.74 Å². The average Bonchev–Trinajstić information content (AvgIpc) is 2.17. The van der Waals surface area contributed by atoms with Crippen molar-refractivity contribution in [3.05, 3.63) is 23.9 Å². The van der Waals surface area contributed by atoms with Crippen LogP contribution in [0.15, 0.2) is 18.2 Å². The van der Waals surface area contributed by atoms with Crippen molar-refractivity contribution >= 4 is 15.9 Å². The first-order chi connectivity index (χ1) is 6.57. The molecule has 0 radical (unpaired) electrons. The largest absolute Gasteiger partial charge is 0.481 e. The number of rotatable bonds is 4. The first-order valence-corrected chi connectivity index (χ1v) is 5.75. The van der Waals surface area contributed by atoms with Gasteiger partial charge in [0.25, 0.3) is 0 Å². The predicted octanol–water partition coefficient (Wildman–Crippen LogP) is 3.05. The van der Waals surface area contributed by atoms with Gasteiger partial charge in [-0.25, -0.2) is 4.98 Å². The second-order valence-corrected chi connectivity index (χ2v) is 4.71. The molecule has 78 valence electrons. The second-order valence-electron chi connectivity index (χ2n) is 4.15. The van der Waals surface area contributed by atoms with E-state index in [0.29, 0.717) is 5.88 Å². The Morgan fingerprint density at radius 2 is 2.14 bits per heavy atom. The van der Waals surface area contributed by atoms with E-state index < -0.39 is 0 Å². The fraction of sp³-hybridized carbons (Fsp3) is 0.545. The highest BCUT2D eigenvalue weighted by molar-refractivity contribution is 9.09. The molecule has 0 unspecified atom stereocenters. The molecule has 0 aliphatic rings. The summed E-state index contributed by atoms with van der Waals surface area (Å²) in [6, 6.07) is 5.88. The first-order valence-electron chi connectivity index (χ1n) is 4.63. The van der Waals surface area contributed by atoms with Crippen LogP contribution in [0.2, 0.25) is 0 Å². The van der Waals surface area contributed by atoms with E-state index >= 15 is 0 Å². The van der Waals surface area contributed by atoms with Crippen LogP contribution in [0.1, 0.15) is 19.5 Å². The standard InChI is InChI=1S/C11H16BrNO/c1-11(2,8-12)7-9-5-4-6-10(13-9)14-3/h4-6H,7-8H2,1-3H3. The summed E-state index contributed by atoms with van der Waals surface area (Å²) in [5.41, 5.74) is 1.31. The molecule has 1 heterocycles. The molecule has 0 atom stereocenters. The average molecular weight is 258 g/mol. The summed E-state index contributed by atoms with van der Waals surface area (Å²) >= 11 is 3.50. The fourth-order valence-electron chi connectivity index (χ4n) is 1.21. The predicted molar refractivity (Wildman–Crippen MR) is 62.1 cm³/mol. The normalized spacial score (nSPS) is 11.4. The van der Waals surface area contributed by atoms with E-state index in [1.807, 2.05) is 18.2 Å². The van der Waals surface area contributed by atoms with Gasteiger partial charge in [0.2, 0.25) is 5.88 Å². The van der Waals surface area contributed by atoms with Gasteiger partial charge in [-0.15, -0.1) is 0 Å². The highest BCUT2D eigenvalue weighted by atomic mass is 79.9. The summed E-state index contributed by atoms with van der Waals surface area (Å²) in [5.74, 6) is 0.688. The Labute approximate surface area is 93.8 Å². The summed E-state index contributed by atoms with van der Waals surface area (Å²) in [5, 5.41) is 0.971. The van der Waals surface area contributed by atoms with Gasteiger partial charge in [0.15, 0.2) is 0 Å². The first kappa shape index (κ1) is 11.5. The SMILES string of the molecule is COc1cccc(CC(C)(C)CBr)n1. The molecule has 0 amide bonds. The van der Waals surface area contributed by atoms with Crippen molar-refractivity contribution in [2.24, 2.45) is 5.41 Å². The Morgan fingerprint density at radius 1 is 1.43 bits per heavy atom. The molecule has 3 heteroatoms. The molecule has 1 aromatic rings. The zero-order valence-corrected chi connectivity index (χ0v) is 10.5. The Bertz CT molecular complexity index is 299. The van der Waals surface area contributed by atoms with Crippen molar-refractivity contribution in [2.45, 2.75) is 20.3 Å². The van der Waals surface area contributed by atoms with Gasteiger partial charge < -0.3 is 4.74 Å². The van der Waals surface area contributed by atoms with Gasteiger partial charge in [-0.2, -0.15) is 0 Å². The molecule has 0 bridgehead atoms. The van der Waals surface area contributed by atoms with Crippen LogP contribution in [0.4, 0.5) is 0 Å². The quantitative estimate of drug-likeness (QED) is 0.774. The van der Waals surface area contributed by atoms with Gasteiger partial charge >= 0.3 is 0 Å². The summed E-state index contributed by atoms with van der Waals surface area (Å²) in [6.45, 7) is 4.42. The Balaban J connectivity index is 2.76. The number of pyridine rings is 1. The molecule has 2 nitrogen and oxygen atoms in total. The highest BCUT2D eigenvalue weighted by Gasteiger charge is 2.17. The highest BCUT2D eigenvalue weighted by Crippen LogP contribution is 2.23. The lowest BCUT2D eigenvalue weighted by Crippen LogP contribution is -2.17. The monoisotopic (exact) mass is 257 g/mol. The lowest BCUT2D eigenvalue weighted by atomic mass is 9.90. The summed E-state index contributed by atoms with van der Waals surface area (Å²) < 4.78 is 5.08. The third kappa shape index (κ3) is 3.29. The van der Waals surface area contributed by atoms with E-state index in [4.69, 9.17) is 4.74 Å². The number of ether oxygens (including phenoxy) is 1. The molecule has 0 saturated heterocycles. The molecule has 0 spiro atoms. The molecule has 0 aliphatic carbocycles. The molecule has 1 rings (SSSR count). The van der Waals surface area contributed by atoms with E-state index in [-0.39, 0.29) is 5.41 Å². The minimum Gasteiger partial charge on any atom is -0.481 e. The Hall–Kier alpha value is -0.570. The van der Waals surface area contributed by atoms with Crippen LogP contribution in [-0.4, -0.2) is 17.4 Å². The molecular formula is C11H16BrNO. The van der Waals surface area contributed by atoms with E-state index in [1.54, 1.807) is 7.11 Å². The molecule has 0 saturated carbocycles. The maximum Gasteiger partial charge on any atom is 0.213 e. The van der Waals surface area contributed by atoms with Crippen molar-refractivity contribution < 1.29 is 4.74 Å². The van der Waals surface area contributed by atoms with Gasteiger partial charge in [0.05, 0.1) is 7.11 Å². The number of hydrogen-bond acceptors (Lipinski definition) is 2. The lowest BCUT2D eigenvalue weighted by molar-refractivity contribution is 0.386. The van der Waals surface area contributed by atoms with Gasteiger partial charge in [-0.1, -0.05) is 35.8 Å². The zero-order valence-electron chi connectivity index (χ0n) is 8.88. The summed E-state index contributed by atoms with van der Waals surface area (Å²) in [4.78, 5) is 4.38. The number of halogens is 1. The topological polar surface area (TPSA) is 22.1 Å². The molecule has 1 aromatic heterocycles. The molecule has 0 N–H and O–H groups in total. The van der Waals surface area contributed by atoms with Crippen LogP contribution in [0.3, 0.4) is 0 Å². The lowest BCUT2D eigenvalue weighted by Gasteiger charge is -2.20. The van der Waals surface area contributed by atoms with E-state index in [1.165, 1.54) is 0 Å². The van der Waals surface area contributed by atoms with E-state index in [0.717, 1.165) is 17.4 Å². The number of nitrogens with zero attached hydrogens (tertiary/aromatic N) is 1. The van der Waals surface area contributed by atoms with Gasteiger partial charge in [0.1, 0.15) is 0 Å². The van der Waals surface area contributed by atoms with Crippen molar-refractivity contribution in [1.29, 1.82) is 0 Å². The molecule has 0 aromatic carbocycles. The Morgan fingerprint density at radius 3 is 2.71 bits per heavy atom. The Kier molecular flexibility index (Phi) is 3.93. The van der Waals surface area contributed by atoms with Crippen molar-refractivity contribution in [1.82, 2.24) is 4.98 Å². The smallest absolute Gasteiger partial charge is 0.213 e. The molecule has 0 fully saturated rings. The number of methoxy groups -OCH3 is 1. The summed E-state index contributed by atoms with van der Waals surface area (Å²) in [6.07, 6.45) is 0.954. The fourth-order valence-corrected chi connectivity index (χ4v) is 1.41. The number of alkyl halides is 1. The van der Waals surface area contributed by atoms with Crippen molar-refractivity contribution in [3.63, 3.8) is 0 Å². The van der Waals surface area contributed by atoms with Gasteiger partial charge in [-0.05, 0) is 17.9 Å². The molecular weight excluding hydrogens is 242 g/mol. The number of hydrogen-bond donors (Lipinski definition) is 0. The van der Waals surface area contributed by atoms with E-state index in [9.17, 15) is 0 Å². The third-order valence-electron chi connectivity index (χ3n) is 2.01. The van der Waals surface area contributed by atoms with Crippen molar-refractivity contribution in [3.8, 4) is 5.88 Å². The molecule has 0 aliphatic heterocycles. The molecule has 14 heavy (non-hydrogen) atoms. The van der Waals surface area contributed by atoms with Crippen LogP contribution in [0.5, 0.6) is 5.88 Å². The van der Waals surface area contributed by atoms with Crippen LogP contribution >= 0.6 is 15.9 Å². The maximum atomic E-state index is 5.08. The third-order valence-corrected chi connectivity index (χ3v) is 3.53. The van der Waals surface area contributed by atoms with Gasteiger partial charge in [-0.3, -0.25) is 0 Å². The van der Waals surface area contributed by atoms with Crippen LogP contribution in [-0.2, 0) is 6.42 Å². The zero-order chi connectivity index (χ0) is 10.6. The maximum absolute atomic E-state index is 5.08. The van der Waals surface area contributed by atoms with Crippen LogP contribution in [0, 0.1) is 5.41 Å². The van der Waals surface area contributed by atoms with Gasteiger partial charge in [0, 0.05) is 17.1 Å². The number of aromatic nitrogens is 1. The van der Waals surface area contributed by atoms with Crippen LogP contribution in [0.25, 0.3) is 0 Å². The summed E-state index contributed by atoms with van der Waals surface area (Å²) in [7, 11) is 1.64. The van der Waals surface area contributed by atoms with Crippen molar-refractivity contribution in [2.75, 3.05) is 12.4 Å². The van der Waals surface area contributed by atoms with E-state index in [2.05, 4.69) is 34.8 Å².